The average molecular weight is 318 g/mol. The number of carboxylic acid groups (broad SMARTS) is 2. The summed E-state index contributed by atoms with van der Waals surface area (Å²) in [5.41, 5.74) is -0.770. The van der Waals surface area contributed by atoms with E-state index in [1.807, 2.05) is 0 Å². The Morgan fingerprint density at radius 2 is 1.62 bits per heavy atom. The average Bonchev–Trinajstić information content (AvgIpc) is 2.36. The van der Waals surface area contributed by atoms with Crippen molar-refractivity contribution in [1.82, 2.24) is 0 Å². The van der Waals surface area contributed by atoms with E-state index >= 15 is 0 Å². The molecule has 0 saturated heterocycles. The predicted molar refractivity (Wildman–Crippen MR) is 73.1 cm³/mol. The van der Waals surface area contributed by atoms with E-state index in [0.717, 1.165) is 6.07 Å². The maximum absolute atomic E-state index is 11.5. The van der Waals surface area contributed by atoms with Crippen molar-refractivity contribution in [3.05, 3.63) is 35.4 Å². The zero-order valence-corrected chi connectivity index (χ0v) is 13.5. The normalized spacial score (nSPS) is 11.6. The van der Waals surface area contributed by atoms with Crippen LogP contribution >= 0.6 is 0 Å². The molecule has 0 fully saturated rings. The molecule has 2 aromatic rings. The minimum absolute atomic E-state index is 0.109. The summed E-state index contributed by atoms with van der Waals surface area (Å²) in [4.78, 5) is 21.4. The Morgan fingerprint density at radius 3 is 2.10 bits per heavy atom. The summed E-state index contributed by atoms with van der Waals surface area (Å²) >= 11 is 0.423. The van der Waals surface area contributed by atoms with Gasteiger partial charge in [-0.05, 0) is 0 Å². The molecule has 0 aliphatic rings. The van der Waals surface area contributed by atoms with Crippen molar-refractivity contribution in [2.75, 3.05) is 0 Å². The monoisotopic (exact) mass is 318 g/mol. The second-order valence-corrected chi connectivity index (χ2v) is 6.85. The van der Waals surface area contributed by atoms with Gasteiger partial charge in [-0.3, -0.25) is 0 Å². The molecule has 0 radical (unpaired) electrons. The molecule has 104 valence electrons. The van der Waals surface area contributed by atoms with Crippen LogP contribution in [0.15, 0.2) is 29.2 Å². The molecule has 0 amide bonds. The topological polar surface area (TPSA) is 129 Å². The van der Waals surface area contributed by atoms with Crippen LogP contribution in [0.25, 0.3) is 10.8 Å². The molecular weight excluding hydrogens is 311 g/mol. The van der Waals surface area contributed by atoms with Crippen molar-refractivity contribution >= 4 is 63.6 Å². The zero-order chi connectivity index (χ0) is 15.9. The number of carbonyl (C=O) groups is 2. The Bertz CT molecular complexity index is 886. The third-order valence-corrected chi connectivity index (χ3v) is 4.81. The fraction of sp³-hybridized carbons (Fsp3) is 0. The van der Waals surface area contributed by atoms with Gasteiger partial charge in [-0.1, -0.05) is 0 Å². The second-order valence-electron chi connectivity index (χ2n) is 4.42. The first-order valence-electron chi connectivity index (χ1n) is 5.64. The molecule has 0 bridgehead atoms. The summed E-state index contributed by atoms with van der Waals surface area (Å²) in [7, 11) is -4.82. The molecule has 0 aliphatic heterocycles. The summed E-state index contributed by atoms with van der Waals surface area (Å²) in [6, 6.07) is 4.93. The Labute approximate surface area is 136 Å². The molecule has 7 nitrogen and oxygen atoms in total. The van der Waals surface area contributed by atoms with E-state index in [1.54, 1.807) is 0 Å². The molecule has 2 aromatic carbocycles. The standard InChI is InChI=1S/C12H7O7S.Na/c13-11(14)7-2-1-6-3-4-8(12(15)16)10(9(6)5-7)20(17,18)19;/h1-2,4-5H,(H,13,14)(H,15,16)(H,17,18,19);. The van der Waals surface area contributed by atoms with E-state index in [2.05, 4.69) is 0 Å². The molecule has 21 heavy (non-hydrogen) atoms. The molecule has 0 atom stereocenters. The molecule has 0 saturated carbocycles. The van der Waals surface area contributed by atoms with E-state index in [1.165, 1.54) is 18.2 Å². The Morgan fingerprint density at radius 1 is 1.00 bits per heavy atom. The van der Waals surface area contributed by atoms with Crippen LogP contribution in [0.4, 0.5) is 0 Å². The van der Waals surface area contributed by atoms with Gasteiger partial charge in [-0.15, -0.1) is 0 Å². The van der Waals surface area contributed by atoms with Crippen LogP contribution in [-0.2, 0) is 10.1 Å². The first-order valence-corrected chi connectivity index (χ1v) is 8.08. The van der Waals surface area contributed by atoms with E-state index < -0.39 is 32.5 Å². The summed E-state index contributed by atoms with van der Waals surface area (Å²) in [5.74, 6) is -2.80. The number of rotatable bonds is 3. The first kappa shape index (κ1) is 15.9. The summed E-state index contributed by atoms with van der Waals surface area (Å²) in [6.07, 6.45) is 0. The van der Waals surface area contributed by atoms with Crippen LogP contribution < -0.4 is 2.81 Å². The van der Waals surface area contributed by atoms with Crippen molar-refractivity contribution in [2.24, 2.45) is 0 Å². The van der Waals surface area contributed by atoms with Crippen LogP contribution in [0.1, 0.15) is 20.7 Å². The molecule has 0 aromatic heterocycles. The Balaban J connectivity index is 3.08. The van der Waals surface area contributed by atoms with E-state index in [-0.39, 0.29) is 10.9 Å². The predicted octanol–water partition coefficient (Wildman–Crippen LogP) is 0.277. The summed E-state index contributed by atoms with van der Waals surface area (Å²) < 4.78 is 32.9. The third kappa shape index (κ3) is 2.94. The molecule has 0 spiro atoms. The van der Waals surface area contributed by atoms with E-state index in [4.69, 9.17) is 10.2 Å². The van der Waals surface area contributed by atoms with Crippen LogP contribution in [-0.4, -0.2) is 63.1 Å². The number of benzene rings is 2. The molecule has 0 heterocycles. The number of hydrogen-bond donors (Lipinski definition) is 3. The van der Waals surface area contributed by atoms with Gasteiger partial charge in [0.25, 0.3) is 0 Å². The fourth-order valence-electron chi connectivity index (χ4n) is 2.15. The van der Waals surface area contributed by atoms with Crippen molar-refractivity contribution in [2.45, 2.75) is 4.90 Å². The third-order valence-electron chi connectivity index (χ3n) is 3.03. The van der Waals surface area contributed by atoms with Gasteiger partial charge in [0.15, 0.2) is 0 Å². The van der Waals surface area contributed by atoms with Crippen LogP contribution in [0.3, 0.4) is 0 Å². The van der Waals surface area contributed by atoms with Gasteiger partial charge in [-0.2, -0.15) is 0 Å². The molecule has 2 rings (SSSR count). The number of carboxylic acids is 2. The Kier molecular flexibility index (Phi) is 4.09. The molecular formula is C12H7NaO7S. The van der Waals surface area contributed by atoms with E-state index in [0.29, 0.717) is 36.1 Å². The van der Waals surface area contributed by atoms with Gasteiger partial charge in [-0.25, -0.2) is 0 Å². The van der Waals surface area contributed by atoms with Crippen LogP contribution in [0.2, 0.25) is 0 Å². The maximum atomic E-state index is 11.5. The molecule has 9 heteroatoms. The fourth-order valence-corrected chi connectivity index (χ4v) is 3.75. The summed E-state index contributed by atoms with van der Waals surface area (Å²) in [6.45, 7) is 0. The van der Waals surface area contributed by atoms with Crippen LogP contribution in [0, 0.1) is 0 Å². The second kappa shape index (κ2) is 5.39. The minimum atomic E-state index is -4.82. The van der Waals surface area contributed by atoms with Crippen molar-refractivity contribution in [1.29, 1.82) is 0 Å². The van der Waals surface area contributed by atoms with Gasteiger partial charge in [0.2, 0.25) is 0 Å². The molecule has 3 N–H and O–H groups in total. The van der Waals surface area contributed by atoms with Gasteiger partial charge in [0.1, 0.15) is 0 Å². The molecule has 0 unspecified atom stereocenters. The van der Waals surface area contributed by atoms with Gasteiger partial charge >= 0.3 is 137 Å². The number of hydrogen-bond acceptors (Lipinski definition) is 4. The molecule has 0 aliphatic carbocycles. The van der Waals surface area contributed by atoms with Crippen molar-refractivity contribution < 1.29 is 32.8 Å². The van der Waals surface area contributed by atoms with Gasteiger partial charge < -0.3 is 0 Å². The first-order chi connectivity index (χ1) is 9.62. The SMILES string of the molecule is O=C(O)c1ccc2[c]([Na])cc(C(=O)O)c(S(=O)(=O)O)c2c1. The Hall–Kier alpha value is -1.45. The van der Waals surface area contributed by atoms with Crippen molar-refractivity contribution in [3.8, 4) is 0 Å². The number of fused-ring (bicyclic) bond motifs is 1. The van der Waals surface area contributed by atoms with Crippen LogP contribution in [0.5, 0.6) is 0 Å². The van der Waals surface area contributed by atoms with Crippen molar-refractivity contribution in [3.63, 3.8) is 0 Å². The summed E-state index contributed by atoms with van der Waals surface area (Å²) in [5, 5.41) is 18.4. The quantitative estimate of drug-likeness (QED) is 0.547. The number of aromatic carboxylic acids is 2. The van der Waals surface area contributed by atoms with E-state index in [9.17, 15) is 22.6 Å². The van der Waals surface area contributed by atoms with Gasteiger partial charge in [0, 0.05) is 0 Å². The van der Waals surface area contributed by atoms with Gasteiger partial charge in [0.05, 0.1) is 0 Å². The zero-order valence-electron chi connectivity index (χ0n) is 10.7.